The highest BCUT2D eigenvalue weighted by Crippen LogP contribution is 2.37. The Morgan fingerprint density at radius 1 is 1.28 bits per heavy atom. The number of carbonyl (C=O) groups is 2. The van der Waals surface area contributed by atoms with Crippen LogP contribution >= 0.6 is 0 Å². The highest BCUT2D eigenvalue weighted by Gasteiger charge is 2.39. The number of rotatable bonds is 11. The highest BCUT2D eigenvalue weighted by atomic mass is 16.5. The van der Waals surface area contributed by atoms with Crippen molar-refractivity contribution in [3.8, 4) is 0 Å². The van der Waals surface area contributed by atoms with Crippen LogP contribution in [0.3, 0.4) is 0 Å². The number of H-pyrrole nitrogens is 1. The lowest BCUT2D eigenvalue weighted by molar-refractivity contribution is -0.138. The SMILES string of the molecule is Cc1cn([C@@H]2O[C@H](C(O)NCCCC(=O)O)CC2CCCC(=O)O)c(=O)[nH]c1=O. The Bertz CT molecular complexity index is 833. The van der Waals surface area contributed by atoms with Crippen LogP contribution in [0, 0.1) is 12.8 Å². The molecule has 4 atom stereocenters. The van der Waals surface area contributed by atoms with Crippen molar-refractivity contribution >= 4 is 11.9 Å². The predicted octanol–water partition coefficient (Wildman–Crippen LogP) is -0.224. The quantitative estimate of drug-likeness (QED) is 0.243. The number of ether oxygens (including phenoxy) is 1. The number of aliphatic hydroxyl groups is 1. The summed E-state index contributed by atoms with van der Waals surface area (Å²) in [7, 11) is 0. The monoisotopic (exact) mass is 413 g/mol. The number of nitrogens with one attached hydrogen (secondary N) is 2. The van der Waals surface area contributed by atoms with Crippen LogP contribution in [0.1, 0.15) is 50.3 Å². The lowest BCUT2D eigenvalue weighted by Gasteiger charge is -2.22. The Labute approximate surface area is 166 Å². The van der Waals surface area contributed by atoms with Gasteiger partial charge < -0.3 is 20.1 Å². The van der Waals surface area contributed by atoms with Crippen LogP contribution in [-0.2, 0) is 14.3 Å². The molecule has 5 N–H and O–H groups in total. The van der Waals surface area contributed by atoms with Gasteiger partial charge in [-0.15, -0.1) is 0 Å². The third-order valence-electron chi connectivity index (χ3n) is 4.91. The first-order valence-electron chi connectivity index (χ1n) is 9.51. The lowest BCUT2D eigenvalue weighted by Crippen LogP contribution is -2.40. The minimum absolute atomic E-state index is 0.0244. The van der Waals surface area contributed by atoms with Crippen LogP contribution in [0.5, 0.6) is 0 Å². The molecule has 1 aromatic heterocycles. The summed E-state index contributed by atoms with van der Waals surface area (Å²) in [6, 6.07) is 0. The summed E-state index contributed by atoms with van der Waals surface area (Å²) >= 11 is 0. The molecule has 2 unspecified atom stereocenters. The maximum absolute atomic E-state index is 12.3. The molecular weight excluding hydrogens is 386 g/mol. The number of aliphatic carboxylic acids is 2. The van der Waals surface area contributed by atoms with E-state index in [1.54, 1.807) is 6.92 Å². The van der Waals surface area contributed by atoms with Crippen molar-refractivity contribution in [1.82, 2.24) is 14.9 Å². The van der Waals surface area contributed by atoms with Crippen molar-refractivity contribution in [2.75, 3.05) is 6.54 Å². The topological polar surface area (TPSA) is 171 Å². The first-order chi connectivity index (χ1) is 13.7. The van der Waals surface area contributed by atoms with Crippen LogP contribution < -0.4 is 16.6 Å². The lowest BCUT2D eigenvalue weighted by atomic mass is 9.95. The molecule has 1 fully saturated rings. The second kappa shape index (κ2) is 10.3. The summed E-state index contributed by atoms with van der Waals surface area (Å²) in [5, 5.41) is 30.7. The molecular formula is C18H27N3O8. The van der Waals surface area contributed by atoms with Crippen LogP contribution in [0.15, 0.2) is 15.8 Å². The van der Waals surface area contributed by atoms with Crippen molar-refractivity contribution in [3.63, 3.8) is 0 Å². The van der Waals surface area contributed by atoms with Crippen molar-refractivity contribution in [2.24, 2.45) is 5.92 Å². The number of aryl methyl sites for hydroxylation is 1. The Morgan fingerprint density at radius 2 is 1.93 bits per heavy atom. The van der Waals surface area contributed by atoms with E-state index in [0.717, 1.165) is 0 Å². The number of aromatic amines is 1. The molecule has 1 aromatic rings. The zero-order chi connectivity index (χ0) is 21.6. The summed E-state index contributed by atoms with van der Waals surface area (Å²) in [4.78, 5) is 47.5. The minimum atomic E-state index is -1.07. The van der Waals surface area contributed by atoms with Crippen LogP contribution in [-0.4, -0.2) is 55.7 Å². The molecule has 1 saturated heterocycles. The first kappa shape index (κ1) is 22.8. The largest absolute Gasteiger partial charge is 0.481 e. The Kier molecular flexibility index (Phi) is 8.11. The summed E-state index contributed by atoms with van der Waals surface area (Å²) in [5.74, 6) is -2.09. The summed E-state index contributed by atoms with van der Waals surface area (Å²) in [6.07, 6.45) is 0.397. The zero-order valence-electron chi connectivity index (χ0n) is 16.2. The summed E-state index contributed by atoms with van der Waals surface area (Å²) < 4.78 is 7.16. The van der Waals surface area contributed by atoms with E-state index in [-0.39, 0.29) is 25.3 Å². The maximum Gasteiger partial charge on any atom is 0.330 e. The van der Waals surface area contributed by atoms with Crippen molar-refractivity contribution in [1.29, 1.82) is 0 Å². The molecule has 0 radical (unpaired) electrons. The average molecular weight is 413 g/mol. The number of hydrogen-bond donors (Lipinski definition) is 5. The molecule has 29 heavy (non-hydrogen) atoms. The first-order valence-corrected chi connectivity index (χ1v) is 9.51. The molecule has 0 bridgehead atoms. The van der Waals surface area contributed by atoms with Gasteiger partial charge in [0.1, 0.15) is 12.5 Å². The number of carboxylic acids is 2. The zero-order valence-corrected chi connectivity index (χ0v) is 16.2. The minimum Gasteiger partial charge on any atom is -0.481 e. The number of aromatic nitrogens is 2. The van der Waals surface area contributed by atoms with Gasteiger partial charge in [-0.05, 0) is 39.2 Å². The Hall–Kier alpha value is -2.50. The molecule has 0 aromatic carbocycles. The number of carboxylic acid groups (broad SMARTS) is 2. The van der Waals surface area contributed by atoms with Gasteiger partial charge in [-0.1, -0.05) is 0 Å². The van der Waals surface area contributed by atoms with Crippen LogP contribution in [0.4, 0.5) is 0 Å². The third kappa shape index (κ3) is 6.51. The van der Waals surface area contributed by atoms with E-state index >= 15 is 0 Å². The van der Waals surface area contributed by atoms with Crippen molar-refractivity contribution in [3.05, 3.63) is 32.6 Å². The number of aliphatic hydroxyl groups excluding tert-OH is 1. The standard InChI is InChI=1S/C18H27N3O8/c1-10-9-21(18(28)20-15(10)26)17-11(4-2-5-13(22)23)8-12(29-17)16(27)19-7-3-6-14(24)25/h9,11-12,16-17,19,27H,2-8H2,1H3,(H,22,23)(H,24,25)(H,20,26,28)/t11?,12-,16?,17+/m0/s1. The van der Waals surface area contributed by atoms with E-state index < -0.39 is 41.7 Å². The van der Waals surface area contributed by atoms with E-state index in [1.165, 1.54) is 10.8 Å². The van der Waals surface area contributed by atoms with E-state index in [9.17, 15) is 24.3 Å². The van der Waals surface area contributed by atoms with E-state index in [0.29, 0.717) is 31.2 Å². The molecule has 11 heteroatoms. The van der Waals surface area contributed by atoms with Gasteiger partial charge in [0.15, 0.2) is 0 Å². The van der Waals surface area contributed by atoms with Crippen molar-refractivity contribution < 1.29 is 29.6 Å². The average Bonchev–Trinajstić information content (AvgIpc) is 3.05. The molecule has 0 spiro atoms. The van der Waals surface area contributed by atoms with Gasteiger partial charge in [-0.25, -0.2) is 4.79 Å². The maximum atomic E-state index is 12.3. The fourth-order valence-corrected chi connectivity index (χ4v) is 3.43. The third-order valence-corrected chi connectivity index (χ3v) is 4.91. The molecule has 0 aliphatic carbocycles. The molecule has 1 aliphatic heterocycles. The molecule has 0 amide bonds. The fraction of sp³-hybridized carbons (Fsp3) is 0.667. The van der Waals surface area contributed by atoms with E-state index in [4.69, 9.17) is 14.9 Å². The normalized spacial score (nSPS) is 22.5. The molecule has 11 nitrogen and oxygen atoms in total. The van der Waals surface area contributed by atoms with Crippen LogP contribution in [0.25, 0.3) is 0 Å². The molecule has 162 valence electrons. The van der Waals surface area contributed by atoms with Gasteiger partial charge >= 0.3 is 17.6 Å². The van der Waals surface area contributed by atoms with Gasteiger partial charge in [0.25, 0.3) is 5.56 Å². The second-order valence-corrected chi connectivity index (χ2v) is 7.22. The summed E-state index contributed by atoms with van der Waals surface area (Å²) in [5.41, 5.74) is -0.810. The van der Waals surface area contributed by atoms with E-state index in [2.05, 4.69) is 10.3 Å². The van der Waals surface area contributed by atoms with Gasteiger partial charge in [0.2, 0.25) is 0 Å². The molecule has 2 heterocycles. The molecule has 1 aliphatic rings. The molecule has 2 rings (SSSR count). The molecule has 0 saturated carbocycles. The van der Waals surface area contributed by atoms with Crippen LogP contribution in [0.2, 0.25) is 0 Å². The number of hydrogen-bond acceptors (Lipinski definition) is 7. The van der Waals surface area contributed by atoms with Gasteiger partial charge in [-0.3, -0.25) is 29.3 Å². The smallest absolute Gasteiger partial charge is 0.330 e. The van der Waals surface area contributed by atoms with Gasteiger partial charge in [0.05, 0.1) is 6.10 Å². The Balaban J connectivity index is 2.11. The van der Waals surface area contributed by atoms with Gasteiger partial charge in [0, 0.05) is 30.5 Å². The second-order valence-electron chi connectivity index (χ2n) is 7.22. The van der Waals surface area contributed by atoms with Crippen molar-refractivity contribution in [2.45, 2.75) is 64.0 Å². The van der Waals surface area contributed by atoms with E-state index in [1.807, 2.05) is 0 Å². The fourth-order valence-electron chi connectivity index (χ4n) is 3.43. The summed E-state index contributed by atoms with van der Waals surface area (Å²) in [6.45, 7) is 1.83. The highest BCUT2D eigenvalue weighted by molar-refractivity contribution is 5.66. The van der Waals surface area contributed by atoms with Gasteiger partial charge in [-0.2, -0.15) is 0 Å². The Morgan fingerprint density at radius 3 is 2.59 bits per heavy atom. The number of nitrogens with zero attached hydrogens (tertiary/aromatic N) is 1. The predicted molar refractivity (Wildman–Crippen MR) is 100 cm³/mol.